The third-order valence-electron chi connectivity index (χ3n) is 3.35. The zero-order valence-electron chi connectivity index (χ0n) is 11.1. The van der Waals surface area contributed by atoms with E-state index in [1.54, 1.807) is 0 Å². The maximum atomic E-state index is 11.9. The van der Waals surface area contributed by atoms with Gasteiger partial charge in [-0.15, -0.1) is 0 Å². The highest BCUT2D eigenvalue weighted by atomic mass is 16.1. The van der Waals surface area contributed by atoms with Crippen LogP contribution >= 0.6 is 0 Å². The van der Waals surface area contributed by atoms with Gasteiger partial charge in [0.1, 0.15) is 0 Å². The molecule has 100 valence electrons. The van der Waals surface area contributed by atoms with Gasteiger partial charge in [-0.05, 0) is 30.2 Å². The van der Waals surface area contributed by atoms with E-state index < -0.39 is 0 Å². The molecule has 0 saturated carbocycles. The lowest BCUT2D eigenvalue weighted by Crippen LogP contribution is -2.12. The van der Waals surface area contributed by atoms with Crippen LogP contribution in [0.4, 0.5) is 5.69 Å². The molecule has 0 bridgehead atoms. The largest absolute Gasteiger partial charge is 0.361 e. The van der Waals surface area contributed by atoms with Gasteiger partial charge in [0, 0.05) is 29.2 Å². The van der Waals surface area contributed by atoms with Crippen molar-refractivity contribution in [3.8, 4) is 0 Å². The molecule has 0 atom stereocenters. The van der Waals surface area contributed by atoms with Crippen molar-refractivity contribution in [2.24, 2.45) is 0 Å². The number of aromatic nitrogens is 1. The number of aryl methyl sites for hydroxylation is 1. The van der Waals surface area contributed by atoms with Crippen molar-refractivity contribution in [2.75, 3.05) is 5.32 Å². The number of hydrogen-bond acceptors (Lipinski definition) is 1. The molecule has 20 heavy (non-hydrogen) atoms. The molecule has 2 N–H and O–H groups in total. The molecule has 1 heterocycles. The fourth-order valence-corrected chi connectivity index (χ4v) is 2.33. The average Bonchev–Trinajstić information content (AvgIpc) is 2.89. The van der Waals surface area contributed by atoms with Crippen molar-refractivity contribution in [1.82, 2.24) is 4.98 Å². The van der Waals surface area contributed by atoms with Crippen LogP contribution in [0, 0.1) is 0 Å². The molecular weight excluding hydrogens is 248 g/mol. The minimum Gasteiger partial charge on any atom is -0.361 e. The average molecular weight is 264 g/mol. The summed E-state index contributed by atoms with van der Waals surface area (Å²) in [6.07, 6.45) is 3.21. The Hall–Kier alpha value is -2.55. The van der Waals surface area contributed by atoms with Gasteiger partial charge >= 0.3 is 0 Å². The van der Waals surface area contributed by atoms with Crippen LogP contribution in [-0.2, 0) is 11.2 Å². The molecule has 3 nitrogen and oxygen atoms in total. The normalized spacial score (nSPS) is 10.6. The number of hydrogen-bond donors (Lipinski definition) is 2. The maximum Gasteiger partial charge on any atom is 0.224 e. The van der Waals surface area contributed by atoms with Gasteiger partial charge in [-0.3, -0.25) is 4.79 Å². The Morgan fingerprint density at radius 1 is 1.00 bits per heavy atom. The van der Waals surface area contributed by atoms with Crippen molar-refractivity contribution in [3.63, 3.8) is 0 Å². The standard InChI is InChI=1S/C17H16N2O/c20-17(19-14-6-2-1-3-7-14)11-10-13-12-18-16-9-5-4-8-15(13)16/h1-9,12,18H,10-11H2,(H,19,20). The lowest BCUT2D eigenvalue weighted by Gasteiger charge is -2.04. The van der Waals surface area contributed by atoms with E-state index in [0.717, 1.165) is 17.6 Å². The number of carbonyl (C=O) groups is 1. The van der Waals surface area contributed by atoms with E-state index in [1.807, 2.05) is 54.7 Å². The van der Waals surface area contributed by atoms with E-state index in [0.29, 0.717) is 6.42 Å². The van der Waals surface area contributed by atoms with Gasteiger partial charge in [-0.2, -0.15) is 0 Å². The molecule has 3 rings (SSSR count). The zero-order valence-corrected chi connectivity index (χ0v) is 11.1. The zero-order chi connectivity index (χ0) is 13.8. The Morgan fingerprint density at radius 2 is 1.75 bits per heavy atom. The van der Waals surface area contributed by atoms with Crippen molar-refractivity contribution >= 4 is 22.5 Å². The van der Waals surface area contributed by atoms with Gasteiger partial charge < -0.3 is 10.3 Å². The molecule has 3 heteroatoms. The number of nitrogens with one attached hydrogen (secondary N) is 2. The molecule has 0 unspecified atom stereocenters. The number of rotatable bonds is 4. The Morgan fingerprint density at radius 3 is 2.60 bits per heavy atom. The summed E-state index contributed by atoms with van der Waals surface area (Å²) < 4.78 is 0. The summed E-state index contributed by atoms with van der Waals surface area (Å²) in [4.78, 5) is 15.2. The molecular formula is C17H16N2O. The molecule has 0 spiro atoms. The first-order valence-electron chi connectivity index (χ1n) is 6.73. The Balaban J connectivity index is 1.63. The second-order valence-corrected chi connectivity index (χ2v) is 4.77. The van der Waals surface area contributed by atoms with Crippen LogP contribution in [0.1, 0.15) is 12.0 Å². The fraction of sp³-hybridized carbons (Fsp3) is 0.118. The van der Waals surface area contributed by atoms with Crippen LogP contribution < -0.4 is 5.32 Å². The van der Waals surface area contributed by atoms with Crippen LogP contribution in [0.2, 0.25) is 0 Å². The topological polar surface area (TPSA) is 44.9 Å². The first-order chi connectivity index (χ1) is 9.83. The van der Waals surface area contributed by atoms with Crippen molar-refractivity contribution in [1.29, 1.82) is 0 Å². The van der Waals surface area contributed by atoms with Gasteiger partial charge in [0.05, 0.1) is 0 Å². The minimum absolute atomic E-state index is 0.0430. The minimum atomic E-state index is 0.0430. The van der Waals surface area contributed by atoms with Crippen molar-refractivity contribution in [2.45, 2.75) is 12.8 Å². The molecule has 1 aromatic heterocycles. The molecule has 1 amide bonds. The lowest BCUT2D eigenvalue weighted by atomic mass is 10.1. The highest BCUT2D eigenvalue weighted by Gasteiger charge is 2.06. The second-order valence-electron chi connectivity index (χ2n) is 4.77. The van der Waals surface area contributed by atoms with E-state index in [4.69, 9.17) is 0 Å². The Bertz CT molecular complexity index is 716. The van der Waals surface area contributed by atoms with Crippen molar-refractivity contribution < 1.29 is 4.79 Å². The van der Waals surface area contributed by atoms with E-state index >= 15 is 0 Å². The first kappa shape index (κ1) is 12.5. The van der Waals surface area contributed by atoms with Crippen LogP contribution in [0.25, 0.3) is 10.9 Å². The third-order valence-corrected chi connectivity index (χ3v) is 3.35. The number of anilines is 1. The number of carbonyl (C=O) groups excluding carboxylic acids is 1. The molecule has 0 aliphatic heterocycles. The molecule has 0 aliphatic carbocycles. The summed E-state index contributed by atoms with van der Waals surface area (Å²) in [5, 5.41) is 4.10. The first-order valence-corrected chi connectivity index (χ1v) is 6.73. The van der Waals surface area contributed by atoms with Crippen LogP contribution in [-0.4, -0.2) is 10.9 Å². The van der Waals surface area contributed by atoms with Gasteiger partial charge in [0.25, 0.3) is 0 Å². The summed E-state index contributed by atoms with van der Waals surface area (Å²) in [5.41, 5.74) is 3.14. The number of aromatic amines is 1. The van der Waals surface area contributed by atoms with Gasteiger partial charge in [-0.1, -0.05) is 36.4 Å². The van der Waals surface area contributed by atoms with E-state index in [9.17, 15) is 4.79 Å². The summed E-state index contributed by atoms with van der Waals surface area (Å²) in [7, 11) is 0. The van der Waals surface area contributed by atoms with Gasteiger partial charge in [0.15, 0.2) is 0 Å². The number of fused-ring (bicyclic) bond motifs is 1. The van der Waals surface area contributed by atoms with Crippen molar-refractivity contribution in [3.05, 3.63) is 66.4 Å². The third kappa shape index (κ3) is 2.72. The summed E-state index contributed by atoms with van der Waals surface area (Å²) in [6, 6.07) is 17.7. The molecule has 3 aromatic rings. The molecule has 0 saturated heterocycles. The summed E-state index contributed by atoms with van der Waals surface area (Å²) in [5.74, 6) is 0.0430. The SMILES string of the molecule is O=C(CCc1c[nH]c2ccccc12)Nc1ccccc1. The van der Waals surface area contributed by atoms with Gasteiger partial charge in [-0.25, -0.2) is 0 Å². The van der Waals surface area contributed by atoms with Crippen LogP contribution in [0.15, 0.2) is 60.8 Å². The predicted molar refractivity (Wildman–Crippen MR) is 81.7 cm³/mol. The Kier molecular flexibility index (Phi) is 3.50. The molecule has 0 aliphatic rings. The lowest BCUT2D eigenvalue weighted by molar-refractivity contribution is -0.116. The summed E-state index contributed by atoms with van der Waals surface area (Å²) in [6.45, 7) is 0. The molecule has 0 fully saturated rings. The highest BCUT2D eigenvalue weighted by molar-refractivity contribution is 5.91. The van der Waals surface area contributed by atoms with Gasteiger partial charge in [0.2, 0.25) is 5.91 Å². The smallest absolute Gasteiger partial charge is 0.224 e. The number of amides is 1. The van der Waals surface area contributed by atoms with Crippen LogP contribution in [0.3, 0.4) is 0 Å². The quantitative estimate of drug-likeness (QED) is 0.740. The summed E-state index contributed by atoms with van der Waals surface area (Å²) >= 11 is 0. The highest BCUT2D eigenvalue weighted by Crippen LogP contribution is 2.19. The predicted octanol–water partition coefficient (Wildman–Crippen LogP) is 3.74. The number of H-pyrrole nitrogens is 1. The monoisotopic (exact) mass is 264 g/mol. The van der Waals surface area contributed by atoms with E-state index in [2.05, 4.69) is 16.4 Å². The van der Waals surface area contributed by atoms with E-state index in [1.165, 1.54) is 10.9 Å². The molecule has 2 aromatic carbocycles. The number of benzene rings is 2. The second kappa shape index (κ2) is 5.61. The maximum absolute atomic E-state index is 11.9. The molecule has 0 radical (unpaired) electrons. The van der Waals surface area contributed by atoms with E-state index in [-0.39, 0.29) is 5.91 Å². The Labute approximate surface area is 117 Å². The fourth-order valence-electron chi connectivity index (χ4n) is 2.33. The van der Waals surface area contributed by atoms with Crippen LogP contribution in [0.5, 0.6) is 0 Å². The number of para-hydroxylation sites is 2.